The van der Waals surface area contributed by atoms with Crippen molar-refractivity contribution in [1.82, 2.24) is 15.0 Å². The molecule has 8 N–H and O–H groups in total. The van der Waals surface area contributed by atoms with Crippen molar-refractivity contribution in [3.05, 3.63) is 81.3 Å². The highest BCUT2D eigenvalue weighted by atomic mass is 35.5. The molecule has 71 heavy (non-hydrogen) atoms. The van der Waals surface area contributed by atoms with Gasteiger partial charge < -0.3 is 30.5 Å². The Morgan fingerprint density at radius 1 is 0.606 bits per heavy atom. The van der Waals surface area contributed by atoms with E-state index in [1.165, 1.54) is 55.5 Å². The van der Waals surface area contributed by atoms with Crippen LogP contribution in [0.5, 0.6) is 11.5 Å². The molecule has 4 aromatic carbocycles. The molecule has 0 saturated carbocycles. The molecule has 32 heteroatoms. The van der Waals surface area contributed by atoms with E-state index in [2.05, 4.69) is 51.4 Å². The Kier molecular flexibility index (Phi) is 19.3. The van der Waals surface area contributed by atoms with E-state index in [0.29, 0.717) is 6.42 Å². The van der Waals surface area contributed by atoms with Gasteiger partial charge in [0.2, 0.25) is 17.8 Å². The van der Waals surface area contributed by atoms with Gasteiger partial charge in [-0.05, 0) is 80.1 Å². The van der Waals surface area contributed by atoms with Gasteiger partial charge in [0.1, 0.15) is 27.8 Å². The van der Waals surface area contributed by atoms with E-state index in [1.54, 1.807) is 0 Å². The number of hydrogen-bond donors (Lipinski definition) is 8. The summed E-state index contributed by atoms with van der Waals surface area (Å²) in [6.07, 6.45) is 0.130. The van der Waals surface area contributed by atoms with Crippen molar-refractivity contribution in [2.75, 3.05) is 53.8 Å². The van der Waals surface area contributed by atoms with E-state index >= 15 is 0 Å². The lowest BCUT2D eigenvalue weighted by Crippen LogP contribution is -2.14. The van der Waals surface area contributed by atoms with Crippen LogP contribution in [0.1, 0.15) is 31.7 Å². The van der Waals surface area contributed by atoms with Gasteiger partial charge in [0.15, 0.2) is 0 Å². The van der Waals surface area contributed by atoms with Crippen LogP contribution in [-0.4, -0.2) is 110 Å². The van der Waals surface area contributed by atoms with E-state index in [1.807, 2.05) is 6.92 Å². The van der Waals surface area contributed by atoms with Gasteiger partial charge in [-0.2, -0.15) is 58.9 Å². The summed E-state index contributed by atoms with van der Waals surface area (Å²) in [5.41, 5.74) is 0.292. The van der Waals surface area contributed by atoms with Gasteiger partial charge in [-0.15, -0.1) is 10.2 Å². The minimum Gasteiger partial charge on any atom is -0.491 e. The van der Waals surface area contributed by atoms with E-state index in [0.717, 1.165) is 12.1 Å². The van der Waals surface area contributed by atoms with Gasteiger partial charge in [0.05, 0.1) is 67.4 Å². The molecule has 0 aliphatic rings. The van der Waals surface area contributed by atoms with Crippen LogP contribution in [0.15, 0.2) is 90.9 Å². The number of aromatic nitrogens is 3. The zero-order valence-electron chi connectivity index (χ0n) is 36.9. The number of nitrogens with one attached hydrogen (secondary N) is 3. The Labute approximate surface area is 422 Å². The fourth-order valence-electron chi connectivity index (χ4n) is 5.75. The number of benzene rings is 4. The number of ether oxygens (including phenoxy) is 2. The Balaban J connectivity index is 1.56. The lowest BCUT2D eigenvalue weighted by molar-refractivity contribution is 0.233. The van der Waals surface area contributed by atoms with Crippen molar-refractivity contribution in [2.24, 2.45) is 26.4 Å². The van der Waals surface area contributed by atoms with Crippen LogP contribution in [0.25, 0.3) is 0 Å². The molecule has 1 atom stereocenters. The zero-order chi connectivity index (χ0) is 52.3. The second-order valence-corrected chi connectivity index (χ2v) is 22.2. The first-order valence-corrected chi connectivity index (χ1v) is 27.6. The van der Waals surface area contributed by atoms with Gasteiger partial charge in [0.25, 0.3) is 40.5 Å². The van der Waals surface area contributed by atoms with Crippen LogP contribution in [0, 0.1) is 12.8 Å². The standard InChI is InChI=1S/C39H43Cl3N10O15S4/c1-22(21-53)9-10-43-37-46-38(44-31-17-27(41)29(19-33(31)66-11-3-13-68(54,55)56)51-49-24-6-5-23(2)35(15-24)70(60,61)62)48-39(47-37)45-32-18-28(42)30(20-34(32)67-12-4-14-69(57,58)59)52-50-25-7-8-26(40)36(16-25)71(63,64)65/h5-8,15-20,22,53H,3-4,9-14,21H2,1-2H3,(H,54,55,56)(H,57,58,59)(H,60,61,62)(H,63,64,65)(H3,43,44,45,46,47,48). The molecule has 384 valence electrons. The molecular weight excluding hydrogens is 1080 g/mol. The molecule has 0 aliphatic heterocycles. The Bertz CT molecular complexity index is 3080. The SMILES string of the molecule is Cc1ccc(N=Nc2cc(OCCCS(=O)(=O)O)c(Nc3nc(NCCC(C)CO)nc(Nc4cc(Cl)c(N=Nc5ccc(Cl)c(S(=O)(=O)O)c5)cc4OCCCS(=O)(=O)O)n3)cc2Cl)cc1S(=O)(=O)O. The number of nitrogens with zero attached hydrogens (tertiary/aromatic N) is 7. The molecule has 25 nitrogen and oxygen atoms in total. The Morgan fingerprint density at radius 2 is 1.06 bits per heavy atom. The second kappa shape index (κ2) is 24.3. The first kappa shape index (κ1) is 56.5. The summed E-state index contributed by atoms with van der Waals surface area (Å²) in [6, 6.07) is 12.6. The summed E-state index contributed by atoms with van der Waals surface area (Å²) in [5, 5.41) is 34.4. The van der Waals surface area contributed by atoms with Gasteiger partial charge in [-0.3, -0.25) is 18.2 Å². The first-order chi connectivity index (χ1) is 33.2. The van der Waals surface area contributed by atoms with Crippen LogP contribution in [-0.2, 0) is 40.5 Å². The van der Waals surface area contributed by atoms with Crippen LogP contribution >= 0.6 is 34.8 Å². The third-order valence-corrected chi connectivity index (χ3v) is 13.8. The van der Waals surface area contributed by atoms with E-state index < -0.39 is 61.8 Å². The maximum Gasteiger partial charge on any atom is 0.296 e. The molecule has 0 amide bonds. The molecule has 1 unspecified atom stereocenters. The highest BCUT2D eigenvalue weighted by molar-refractivity contribution is 7.86. The minimum absolute atomic E-state index is 0.0191. The van der Waals surface area contributed by atoms with E-state index in [-0.39, 0.29) is 129 Å². The van der Waals surface area contributed by atoms with Crippen LogP contribution in [0.2, 0.25) is 15.1 Å². The molecule has 5 aromatic rings. The second-order valence-electron chi connectivity index (χ2n) is 15.0. The largest absolute Gasteiger partial charge is 0.491 e. The lowest BCUT2D eigenvalue weighted by atomic mass is 10.1. The average molecular weight is 1130 g/mol. The van der Waals surface area contributed by atoms with Crippen molar-refractivity contribution in [1.29, 1.82) is 0 Å². The number of anilines is 5. The molecular formula is C39H43Cl3N10O15S4. The highest BCUT2D eigenvalue weighted by Gasteiger charge is 2.20. The van der Waals surface area contributed by atoms with Crippen LogP contribution < -0.4 is 25.4 Å². The molecule has 0 spiro atoms. The van der Waals surface area contributed by atoms with Crippen LogP contribution in [0.4, 0.5) is 52.0 Å². The summed E-state index contributed by atoms with van der Waals surface area (Å²) in [7, 11) is -18.1. The molecule has 0 saturated heterocycles. The van der Waals surface area contributed by atoms with Crippen molar-refractivity contribution in [3.63, 3.8) is 0 Å². The number of aliphatic hydroxyl groups excluding tert-OH is 1. The third-order valence-electron chi connectivity index (χ3n) is 9.26. The molecule has 5 rings (SSSR count). The Hall–Kier alpha value is -5.44. The van der Waals surface area contributed by atoms with E-state index in [4.69, 9.17) is 44.3 Å². The maximum atomic E-state index is 11.9. The third kappa shape index (κ3) is 18.0. The number of aryl methyl sites for hydroxylation is 1. The number of hydrogen-bond acceptors (Lipinski definition) is 21. The summed E-state index contributed by atoms with van der Waals surface area (Å²) < 4.78 is 143. The summed E-state index contributed by atoms with van der Waals surface area (Å²) in [5.74, 6) is -1.85. The average Bonchev–Trinajstić information content (AvgIpc) is 3.26. The normalized spacial score (nSPS) is 12.9. The number of azo groups is 2. The molecule has 0 radical (unpaired) electrons. The van der Waals surface area contributed by atoms with Crippen molar-refractivity contribution in [3.8, 4) is 11.5 Å². The Morgan fingerprint density at radius 3 is 1.51 bits per heavy atom. The fourth-order valence-corrected chi connectivity index (χ4v) is 8.86. The highest BCUT2D eigenvalue weighted by Crippen LogP contribution is 2.41. The quantitative estimate of drug-likeness (QED) is 0.0154. The van der Waals surface area contributed by atoms with Gasteiger partial charge in [-0.25, -0.2) is 0 Å². The van der Waals surface area contributed by atoms with Crippen LogP contribution in [0.3, 0.4) is 0 Å². The molecule has 0 bridgehead atoms. The lowest BCUT2D eigenvalue weighted by Gasteiger charge is -2.17. The minimum atomic E-state index is -4.73. The molecule has 0 aliphatic carbocycles. The summed E-state index contributed by atoms with van der Waals surface area (Å²) >= 11 is 19.2. The monoisotopic (exact) mass is 1120 g/mol. The van der Waals surface area contributed by atoms with E-state index in [9.17, 15) is 57.0 Å². The first-order valence-electron chi connectivity index (χ1n) is 20.3. The number of halogens is 3. The summed E-state index contributed by atoms with van der Waals surface area (Å²) in [4.78, 5) is 12.3. The topological polar surface area (TPSA) is 380 Å². The smallest absolute Gasteiger partial charge is 0.296 e. The summed E-state index contributed by atoms with van der Waals surface area (Å²) in [6.45, 7) is 2.90. The molecule has 1 aromatic heterocycles. The number of aliphatic hydroxyl groups is 1. The molecule has 0 fully saturated rings. The number of rotatable bonds is 25. The van der Waals surface area contributed by atoms with Gasteiger partial charge >= 0.3 is 0 Å². The van der Waals surface area contributed by atoms with Crippen molar-refractivity contribution >= 4 is 127 Å². The van der Waals surface area contributed by atoms with Crippen molar-refractivity contribution in [2.45, 2.75) is 42.9 Å². The van der Waals surface area contributed by atoms with Gasteiger partial charge in [0, 0.05) is 25.3 Å². The predicted octanol–water partition coefficient (Wildman–Crippen LogP) is 8.70. The predicted molar refractivity (Wildman–Crippen MR) is 262 cm³/mol. The maximum absolute atomic E-state index is 11.9. The zero-order valence-corrected chi connectivity index (χ0v) is 42.5. The van der Waals surface area contributed by atoms with Crippen molar-refractivity contribution < 1.29 is 66.5 Å². The molecule has 1 heterocycles. The fraction of sp³-hybridized carbons (Fsp3) is 0.308. The van der Waals surface area contributed by atoms with Gasteiger partial charge in [-0.1, -0.05) is 47.8 Å².